The Labute approximate surface area is 134 Å². The highest BCUT2D eigenvalue weighted by molar-refractivity contribution is 5.93. The third-order valence-corrected chi connectivity index (χ3v) is 3.47. The number of anilines is 1. The lowest BCUT2D eigenvalue weighted by Gasteiger charge is -2.11. The normalized spacial score (nSPS) is 10.2. The van der Waals surface area contributed by atoms with Crippen LogP contribution in [0.25, 0.3) is 0 Å². The highest BCUT2D eigenvalue weighted by Crippen LogP contribution is 2.25. The van der Waals surface area contributed by atoms with Crippen molar-refractivity contribution in [2.45, 2.75) is 20.8 Å². The second kappa shape index (κ2) is 6.91. The van der Waals surface area contributed by atoms with Crippen molar-refractivity contribution < 1.29 is 14.5 Å². The number of nitro benzene ring substituents is 1. The molecule has 23 heavy (non-hydrogen) atoms. The fraction of sp³-hybridized carbons (Fsp3) is 0.235. The van der Waals surface area contributed by atoms with Gasteiger partial charge in [-0.3, -0.25) is 14.9 Å². The third-order valence-electron chi connectivity index (χ3n) is 3.47. The number of nitrogens with one attached hydrogen (secondary N) is 1. The number of carbonyl (C=O) groups is 1. The summed E-state index contributed by atoms with van der Waals surface area (Å²) < 4.78 is 5.50. The summed E-state index contributed by atoms with van der Waals surface area (Å²) in [5, 5.41) is 13.5. The fourth-order valence-electron chi connectivity index (χ4n) is 2.25. The Morgan fingerprint density at radius 3 is 2.61 bits per heavy atom. The zero-order valence-electron chi connectivity index (χ0n) is 13.3. The summed E-state index contributed by atoms with van der Waals surface area (Å²) >= 11 is 0. The third kappa shape index (κ3) is 4.06. The van der Waals surface area contributed by atoms with Crippen molar-refractivity contribution in [3.05, 3.63) is 63.2 Å². The van der Waals surface area contributed by atoms with E-state index in [0.717, 1.165) is 11.1 Å². The van der Waals surface area contributed by atoms with E-state index >= 15 is 0 Å². The summed E-state index contributed by atoms with van der Waals surface area (Å²) in [6.45, 7) is 5.32. The smallest absolute Gasteiger partial charge is 0.274 e. The first-order chi connectivity index (χ1) is 10.9. The summed E-state index contributed by atoms with van der Waals surface area (Å²) in [6.07, 6.45) is 0. The van der Waals surface area contributed by atoms with Gasteiger partial charge < -0.3 is 10.1 Å². The molecule has 0 saturated carbocycles. The van der Waals surface area contributed by atoms with Crippen LogP contribution in [-0.2, 0) is 4.79 Å². The Hall–Kier alpha value is -2.89. The van der Waals surface area contributed by atoms with Crippen LogP contribution in [0.3, 0.4) is 0 Å². The van der Waals surface area contributed by atoms with Gasteiger partial charge in [-0.2, -0.15) is 0 Å². The molecule has 6 nitrogen and oxygen atoms in total. The number of carbonyl (C=O) groups excluding carboxylic acids is 1. The molecular formula is C17H18N2O4. The van der Waals surface area contributed by atoms with E-state index in [-0.39, 0.29) is 18.2 Å². The Kier molecular flexibility index (Phi) is 4.95. The molecule has 0 aliphatic rings. The molecule has 1 N–H and O–H groups in total. The number of nitro groups is 1. The molecule has 0 fully saturated rings. The van der Waals surface area contributed by atoms with Crippen LogP contribution in [0, 0.1) is 30.9 Å². The van der Waals surface area contributed by atoms with E-state index in [9.17, 15) is 14.9 Å². The molecule has 2 rings (SSSR count). The van der Waals surface area contributed by atoms with Gasteiger partial charge in [-0.15, -0.1) is 0 Å². The monoisotopic (exact) mass is 314 g/mol. The Morgan fingerprint density at radius 2 is 1.96 bits per heavy atom. The average molecular weight is 314 g/mol. The van der Waals surface area contributed by atoms with Crippen LogP contribution < -0.4 is 10.1 Å². The maximum Gasteiger partial charge on any atom is 0.274 e. The molecule has 0 radical (unpaired) electrons. The first kappa shape index (κ1) is 16.5. The van der Waals surface area contributed by atoms with E-state index in [0.29, 0.717) is 17.0 Å². The second-order valence-electron chi connectivity index (χ2n) is 5.31. The van der Waals surface area contributed by atoms with E-state index in [1.54, 1.807) is 13.0 Å². The standard InChI is InChI=1S/C17H18N2O4/c1-11-7-8-16(12(2)9-11)23-10-17(20)18-14-5-4-6-15(13(14)3)19(21)22/h4-9H,10H2,1-3H3,(H,18,20). The minimum Gasteiger partial charge on any atom is -0.483 e. The van der Waals surface area contributed by atoms with Crippen LogP contribution in [0.2, 0.25) is 0 Å². The second-order valence-corrected chi connectivity index (χ2v) is 5.31. The zero-order valence-corrected chi connectivity index (χ0v) is 13.3. The zero-order chi connectivity index (χ0) is 17.0. The molecule has 1 amide bonds. The lowest BCUT2D eigenvalue weighted by atomic mass is 10.1. The Balaban J connectivity index is 2.03. The lowest BCUT2D eigenvalue weighted by Crippen LogP contribution is -2.21. The van der Waals surface area contributed by atoms with Gasteiger partial charge in [-0.25, -0.2) is 0 Å². The summed E-state index contributed by atoms with van der Waals surface area (Å²) in [4.78, 5) is 22.4. The molecule has 0 aliphatic heterocycles. The van der Waals surface area contributed by atoms with Gasteiger partial charge in [-0.05, 0) is 38.5 Å². The number of hydrogen-bond acceptors (Lipinski definition) is 4. The van der Waals surface area contributed by atoms with Gasteiger partial charge >= 0.3 is 0 Å². The molecule has 6 heteroatoms. The van der Waals surface area contributed by atoms with Gasteiger partial charge in [0.2, 0.25) is 0 Å². The van der Waals surface area contributed by atoms with Gasteiger partial charge in [0.1, 0.15) is 5.75 Å². The quantitative estimate of drug-likeness (QED) is 0.676. The Bertz CT molecular complexity index is 756. The van der Waals surface area contributed by atoms with E-state index < -0.39 is 4.92 Å². The average Bonchev–Trinajstić information content (AvgIpc) is 2.48. The largest absolute Gasteiger partial charge is 0.483 e. The number of ether oxygens (including phenoxy) is 1. The first-order valence-electron chi connectivity index (χ1n) is 7.12. The van der Waals surface area contributed by atoms with E-state index in [2.05, 4.69) is 5.32 Å². The molecule has 0 bridgehead atoms. The van der Waals surface area contributed by atoms with Gasteiger partial charge in [0.15, 0.2) is 6.61 Å². The lowest BCUT2D eigenvalue weighted by molar-refractivity contribution is -0.385. The van der Waals surface area contributed by atoms with Gasteiger partial charge in [0.05, 0.1) is 16.2 Å². The Morgan fingerprint density at radius 1 is 1.22 bits per heavy atom. The van der Waals surface area contributed by atoms with Crippen molar-refractivity contribution in [2.24, 2.45) is 0 Å². The van der Waals surface area contributed by atoms with Crippen LogP contribution in [-0.4, -0.2) is 17.4 Å². The number of aryl methyl sites for hydroxylation is 2. The maximum atomic E-state index is 12.0. The molecule has 0 saturated heterocycles. The van der Waals surface area contributed by atoms with Crippen molar-refractivity contribution in [1.82, 2.24) is 0 Å². The minimum atomic E-state index is -0.475. The van der Waals surface area contributed by atoms with Gasteiger partial charge in [0.25, 0.3) is 11.6 Å². The van der Waals surface area contributed by atoms with Crippen LogP contribution in [0.4, 0.5) is 11.4 Å². The molecule has 0 aromatic heterocycles. The molecule has 2 aromatic rings. The fourth-order valence-corrected chi connectivity index (χ4v) is 2.25. The predicted molar refractivity (Wildman–Crippen MR) is 87.9 cm³/mol. The van der Waals surface area contributed by atoms with Crippen LogP contribution in [0.15, 0.2) is 36.4 Å². The van der Waals surface area contributed by atoms with Crippen molar-refractivity contribution in [3.8, 4) is 5.75 Å². The van der Waals surface area contributed by atoms with E-state index in [1.807, 2.05) is 32.0 Å². The number of rotatable bonds is 5. The van der Waals surface area contributed by atoms with Crippen molar-refractivity contribution in [3.63, 3.8) is 0 Å². The molecule has 2 aromatic carbocycles. The van der Waals surface area contributed by atoms with E-state index in [1.165, 1.54) is 12.1 Å². The van der Waals surface area contributed by atoms with Crippen molar-refractivity contribution >= 4 is 17.3 Å². The van der Waals surface area contributed by atoms with E-state index in [4.69, 9.17) is 4.74 Å². The molecular weight excluding hydrogens is 296 g/mol. The summed E-state index contributed by atoms with van der Waals surface area (Å²) in [6, 6.07) is 10.2. The molecule has 0 aliphatic carbocycles. The van der Waals surface area contributed by atoms with Crippen LogP contribution in [0.5, 0.6) is 5.75 Å². The van der Waals surface area contributed by atoms with Crippen molar-refractivity contribution in [1.29, 1.82) is 0 Å². The molecule has 0 heterocycles. The summed E-state index contributed by atoms with van der Waals surface area (Å²) in [7, 11) is 0. The van der Waals surface area contributed by atoms with Crippen molar-refractivity contribution in [2.75, 3.05) is 11.9 Å². The number of benzene rings is 2. The molecule has 0 atom stereocenters. The predicted octanol–water partition coefficient (Wildman–Crippen LogP) is 3.54. The summed E-state index contributed by atoms with van der Waals surface area (Å²) in [5.41, 5.74) is 2.86. The highest BCUT2D eigenvalue weighted by Gasteiger charge is 2.15. The van der Waals surface area contributed by atoms with Gasteiger partial charge in [0, 0.05) is 6.07 Å². The number of amides is 1. The summed E-state index contributed by atoms with van der Waals surface area (Å²) in [5.74, 6) is 0.273. The molecule has 120 valence electrons. The highest BCUT2D eigenvalue weighted by atomic mass is 16.6. The van der Waals surface area contributed by atoms with Crippen LogP contribution >= 0.6 is 0 Å². The molecule has 0 unspecified atom stereocenters. The number of hydrogen-bond donors (Lipinski definition) is 1. The number of nitrogens with zero attached hydrogens (tertiary/aromatic N) is 1. The topological polar surface area (TPSA) is 81.5 Å². The molecule has 0 spiro atoms. The first-order valence-corrected chi connectivity index (χ1v) is 7.12. The maximum absolute atomic E-state index is 12.0. The van der Waals surface area contributed by atoms with Crippen LogP contribution in [0.1, 0.15) is 16.7 Å². The van der Waals surface area contributed by atoms with Gasteiger partial charge in [-0.1, -0.05) is 23.8 Å². The minimum absolute atomic E-state index is 0.0295. The SMILES string of the molecule is Cc1ccc(OCC(=O)Nc2cccc([N+](=O)[O-])c2C)c(C)c1.